The van der Waals surface area contributed by atoms with Crippen molar-refractivity contribution in [3.8, 4) is 0 Å². The summed E-state index contributed by atoms with van der Waals surface area (Å²) in [5, 5.41) is 16.0. The van der Waals surface area contributed by atoms with E-state index in [0.717, 1.165) is 22.2 Å². The molecule has 1 fully saturated rings. The van der Waals surface area contributed by atoms with Gasteiger partial charge >= 0.3 is 0 Å². The van der Waals surface area contributed by atoms with Crippen LogP contribution in [-0.4, -0.2) is 32.2 Å². The molecule has 1 saturated carbocycles. The normalized spacial score (nSPS) is 16.3. The van der Waals surface area contributed by atoms with E-state index < -0.39 is 0 Å². The van der Waals surface area contributed by atoms with Crippen LogP contribution in [0.25, 0.3) is 0 Å². The van der Waals surface area contributed by atoms with Crippen molar-refractivity contribution in [2.24, 2.45) is 0 Å². The van der Waals surface area contributed by atoms with Crippen LogP contribution >= 0.6 is 11.8 Å². The summed E-state index contributed by atoms with van der Waals surface area (Å²) in [5.41, 5.74) is 1.07. The van der Waals surface area contributed by atoms with Crippen molar-refractivity contribution >= 4 is 11.8 Å². The molecule has 106 valence electrons. The third kappa shape index (κ3) is 2.83. The van der Waals surface area contributed by atoms with Gasteiger partial charge in [0.25, 0.3) is 0 Å². The number of tetrazole rings is 1. The minimum absolute atomic E-state index is 0.311. The van der Waals surface area contributed by atoms with Crippen LogP contribution in [0.5, 0.6) is 0 Å². The predicted molar refractivity (Wildman–Crippen MR) is 76.5 cm³/mol. The Kier molecular flexibility index (Phi) is 3.98. The third-order valence-electron chi connectivity index (χ3n) is 3.44. The molecule has 0 saturated heterocycles. The lowest BCUT2D eigenvalue weighted by atomic mass is 10.1. The van der Waals surface area contributed by atoms with Gasteiger partial charge in [-0.1, -0.05) is 6.92 Å². The molecule has 2 aromatic heterocycles. The van der Waals surface area contributed by atoms with Crippen LogP contribution in [0.15, 0.2) is 28.4 Å². The maximum Gasteiger partial charge on any atom is 0.214 e. The molecule has 0 aromatic carbocycles. The molecule has 0 amide bonds. The van der Waals surface area contributed by atoms with E-state index in [-0.39, 0.29) is 0 Å². The van der Waals surface area contributed by atoms with Crippen molar-refractivity contribution in [2.75, 3.05) is 7.05 Å². The number of hydrogen-bond acceptors (Lipinski definition) is 6. The zero-order chi connectivity index (χ0) is 13.9. The summed E-state index contributed by atoms with van der Waals surface area (Å²) in [6.45, 7) is 2.15. The Morgan fingerprint density at radius 1 is 1.45 bits per heavy atom. The molecule has 6 nitrogen and oxygen atoms in total. The molecule has 0 spiro atoms. The molecule has 2 aromatic rings. The van der Waals surface area contributed by atoms with Gasteiger partial charge in [-0.15, -0.1) is 5.10 Å². The molecule has 1 atom stereocenters. The van der Waals surface area contributed by atoms with Crippen LogP contribution in [0.3, 0.4) is 0 Å². The predicted octanol–water partition coefficient (Wildman–Crippen LogP) is 2.22. The third-order valence-corrected chi connectivity index (χ3v) is 4.37. The molecule has 0 bridgehead atoms. The molecule has 1 unspecified atom stereocenters. The summed E-state index contributed by atoms with van der Waals surface area (Å²) >= 11 is 1.57. The first kappa shape index (κ1) is 13.5. The Hall–Kier alpha value is -1.47. The van der Waals surface area contributed by atoms with Crippen molar-refractivity contribution < 1.29 is 0 Å². The molecule has 1 aliphatic rings. The highest BCUT2D eigenvalue weighted by molar-refractivity contribution is 7.99. The van der Waals surface area contributed by atoms with Gasteiger partial charge in [0.1, 0.15) is 0 Å². The lowest BCUT2D eigenvalue weighted by Gasteiger charge is -2.13. The van der Waals surface area contributed by atoms with Crippen molar-refractivity contribution in [1.29, 1.82) is 0 Å². The quantitative estimate of drug-likeness (QED) is 0.880. The summed E-state index contributed by atoms with van der Waals surface area (Å²) in [7, 11) is 1.96. The number of aromatic nitrogens is 5. The van der Waals surface area contributed by atoms with E-state index >= 15 is 0 Å². The van der Waals surface area contributed by atoms with E-state index in [0.29, 0.717) is 12.1 Å². The fourth-order valence-electron chi connectivity index (χ4n) is 2.13. The smallest absolute Gasteiger partial charge is 0.214 e. The van der Waals surface area contributed by atoms with Crippen molar-refractivity contribution in [3.05, 3.63) is 24.0 Å². The van der Waals surface area contributed by atoms with Crippen LogP contribution in [0, 0.1) is 0 Å². The van der Waals surface area contributed by atoms with Gasteiger partial charge < -0.3 is 5.32 Å². The molecule has 1 aliphatic carbocycles. The van der Waals surface area contributed by atoms with Crippen molar-refractivity contribution in [1.82, 2.24) is 30.5 Å². The first-order chi connectivity index (χ1) is 9.81. The molecule has 1 N–H and O–H groups in total. The van der Waals surface area contributed by atoms with E-state index in [9.17, 15) is 0 Å². The number of nitrogens with zero attached hydrogens (tertiary/aromatic N) is 5. The topological polar surface area (TPSA) is 68.5 Å². The summed E-state index contributed by atoms with van der Waals surface area (Å²) < 4.78 is 1.92. The fourth-order valence-corrected chi connectivity index (χ4v) is 2.93. The summed E-state index contributed by atoms with van der Waals surface area (Å²) in [5.74, 6) is 0. The Bertz CT molecular complexity index is 558. The molecular formula is C13H18N6S. The minimum Gasteiger partial charge on any atom is -0.312 e. The second-order valence-electron chi connectivity index (χ2n) is 4.91. The number of pyridine rings is 1. The van der Waals surface area contributed by atoms with E-state index in [1.54, 1.807) is 11.8 Å². The summed E-state index contributed by atoms with van der Waals surface area (Å²) in [6.07, 6.45) is 5.27. The van der Waals surface area contributed by atoms with Crippen LogP contribution in [0.2, 0.25) is 0 Å². The van der Waals surface area contributed by atoms with Crippen molar-refractivity contribution in [2.45, 2.75) is 48.3 Å². The Balaban J connectivity index is 1.73. The molecular weight excluding hydrogens is 272 g/mol. The Morgan fingerprint density at radius 3 is 2.90 bits per heavy atom. The zero-order valence-electron chi connectivity index (χ0n) is 11.7. The first-order valence-corrected chi connectivity index (χ1v) is 7.72. The molecule has 20 heavy (non-hydrogen) atoms. The van der Waals surface area contributed by atoms with E-state index in [2.05, 4.69) is 44.9 Å². The van der Waals surface area contributed by atoms with Gasteiger partial charge in [-0.2, -0.15) is 0 Å². The first-order valence-electron chi connectivity index (χ1n) is 6.90. The molecule has 7 heteroatoms. The van der Waals surface area contributed by atoms with Crippen LogP contribution in [0.4, 0.5) is 0 Å². The monoisotopic (exact) mass is 290 g/mol. The highest BCUT2D eigenvalue weighted by Gasteiger charge is 2.28. The second-order valence-corrected chi connectivity index (χ2v) is 5.95. The van der Waals surface area contributed by atoms with Crippen molar-refractivity contribution in [3.63, 3.8) is 0 Å². The highest BCUT2D eigenvalue weighted by Crippen LogP contribution is 2.37. The molecule has 3 rings (SSSR count). The van der Waals surface area contributed by atoms with Gasteiger partial charge in [0.15, 0.2) is 0 Å². The Labute approximate surface area is 122 Å². The summed E-state index contributed by atoms with van der Waals surface area (Å²) in [6, 6.07) is 4.95. The lowest BCUT2D eigenvalue weighted by Crippen LogP contribution is -2.16. The molecule has 0 radical (unpaired) electrons. The summed E-state index contributed by atoms with van der Waals surface area (Å²) in [4.78, 5) is 5.60. The Morgan fingerprint density at radius 2 is 2.30 bits per heavy atom. The fraction of sp³-hybridized carbons (Fsp3) is 0.538. The minimum atomic E-state index is 0.311. The highest BCUT2D eigenvalue weighted by atomic mass is 32.2. The number of nitrogens with one attached hydrogen (secondary N) is 1. The van der Waals surface area contributed by atoms with Crippen LogP contribution < -0.4 is 5.32 Å². The maximum absolute atomic E-state index is 4.53. The van der Waals surface area contributed by atoms with Gasteiger partial charge in [-0.05, 0) is 60.6 Å². The van der Waals surface area contributed by atoms with E-state index in [4.69, 9.17) is 0 Å². The largest absolute Gasteiger partial charge is 0.312 e. The van der Waals surface area contributed by atoms with Gasteiger partial charge in [0, 0.05) is 17.1 Å². The van der Waals surface area contributed by atoms with Gasteiger partial charge in [0.05, 0.1) is 11.7 Å². The average Bonchev–Trinajstić information content (AvgIpc) is 3.22. The van der Waals surface area contributed by atoms with Gasteiger partial charge in [-0.25, -0.2) is 4.68 Å². The van der Waals surface area contributed by atoms with Gasteiger partial charge in [-0.3, -0.25) is 4.98 Å². The van der Waals surface area contributed by atoms with E-state index in [1.165, 1.54) is 12.8 Å². The molecule has 2 heterocycles. The molecule has 0 aliphatic heterocycles. The van der Waals surface area contributed by atoms with E-state index in [1.807, 2.05) is 17.9 Å². The average molecular weight is 290 g/mol. The lowest BCUT2D eigenvalue weighted by molar-refractivity contribution is 0.560. The SMILES string of the molecule is CCC(NC)c1ccc(Sc2nnnn2C2CC2)cn1. The second kappa shape index (κ2) is 5.88. The van der Waals surface area contributed by atoms with Gasteiger partial charge in [0.2, 0.25) is 5.16 Å². The zero-order valence-corrected chi connectivity index (χ0v) is 12.5. The standard InChI is InChI=1S/C13H18N6S/c1-3-11(14-2)12-7-6-10(8-15-12)20-13-16-17-18-19(13)9-4-5-9/h6-9,11,14H,3-5H2,1-2H3. The van der Waals surface area contributed by atoms with Crippen LogP contribution in [0.1, 0.15) is 44.0 Å². The van der Waals surface area contributed by atoms with Crippen LogP contribution in [-0.2, 0) is 0 Å². The number of rotatable bonds is 6. The number of hydrogen-bond donors (Lipinski definition) is 1. The maximum atomic E-state index is 4.53.